The highest BCUT2D eigenvalue weighted by Crippen LogP contribution is 2.45. The minimum atomic E-state index is -0.0670. The average molecular weight is 396 g/mol. The summed E-state index contributed by atoms with van der Waals surface area (Å²) in [6.07, 6.45) is 5.68. The number of hydrogen-bond donors (Lipinski definition) is 0. The number of fused-ring (bicyclic) bond motifs is 1. The molecule has 2 aliphatic carbocycles. The molecule has 3 nitrogen and oxygen atoms in total. The fourth-order valence-electron chi connectivity index (χ4n) is 5.02. The summed E-state index contributed by atoms with van der Waals surface area (Å²) in [5.74, 6) is 0.639. The van der Waals surface area contributed by atoms with Gasteiger partial charge < -0.3 is 4.74 Å². The van der Waals surface area contributed by atoms with E-state index < -0.39 is 0 Å². The highest BCUT2D eigenvalue weighted by Gasteiger charge is 2.36. The number of likely N-dealkylation sites (tertiary alicyclic amines) is 1. The molecule has 0 amide bonds. The lowest BCUT2D eigenvalue weighted by molar-refractivity contribution is -0.145. The van der Waals surface area contributed by atoms with Gasteiger partial charge in [-0.2, -0.15) is 0 Å². The van der Waals surface area contributed by atoms with Crippen LogP contribution >= 0.6 is 11.6 Å². The van der Waals surface area contributed by atoms with E-state index in [1.54, 1.807) is 0 Å². The zero-order chi connectivity index (χ0) is 19.3. The monoisotopic (exact) mass is 395 g/mol. The Morgan fingerprint density at radius 2 is 1.79 bits per heavy atom. The van der Waals surface area contributed by atoms with Crippen LogP contribution in [0.25, 0.3) is 11.1 Å². The number of carbonyl (C=O) groups is 1. The maximum atomic E-state index is 11.9. The van der Waals surface area contributed by atoms with Crippen molar-refractivity contribution in [1.29, 1.82) is 0 Å². The number of nitrogens with zero attached hydrogens (tertiary/aromatic N) is 1. The zero-order valence-electron chi connectivity index (χ0n) is 16.3. The molecule has 1 heterocycles. The molecule has 0 radical (unpaired) electrons. The molecule has 0 spiro atoms. The van der Waals surface area contributed by atoms with Crippen LogP contribution in [0.4, 0.5) is 0 Å². The van der Waals surface area contributed by atoms with Gasteiger partial charge in [-0.15, -0.1) is 0 Å². The molecule has 2 aromatic carbocycles. The first-order chi connectivity index (χ1) is 13.6. The topological polar surface area (TPSA) is 29.5 Å². The highest BCUT2D eigenvalue weighted by atomic mass is 35.5. The number of methoxy groups -OCH3 is 1. The number of carbonyl (C=O) groups excluding carboxylic acids is 1. The third-order valence-corrected chi connectivity index (χ3v) is 7.06. The Bertz CT molecular complexity index is 921. The van der Waals surface area contributed by atoms with Gasteiger partial charge in [0.25, 0.3) is 0 Å². The third kappa shape index (κ3) is 3.25. The van der Waals surface area contributed by atoms with Gasteiger partial charge in [-0.25, -0.2) is 0 Å². The number of hydrogen-bond acceptors (Lipinski definition) is 3. The van der Waals surface area contributed by atoms with Gasteiger partial charge in [0.15, 0.2) is 0 Å². The number of benzene rings is 2. The van der Waals surface area contributed by atoms with Crippen molar-refractivity contribution in [3.63, 3.8) is 0 Å². The van der Waals surface area contributed by atoms with Gasteiger partial charge in [-0.3, -0.25) is 9.69 Å². The van der Waals surface area contributed by atoms with Crippen molar-refractivity contribution >= 4 is 17.6 Å². The van der Waals surface area contributed by atoms with E-state index in [0.29, 0.717) is 12.0 Å². The smallest absolute Gasteiger partial charge is 0.310 e. The number of rotatable bonds is 4. The van der Waals surface area contributed by atoms with E-state index in [9.17, 15) is 4.79 Å². The molecule has 28 heavy (non-hydrogen) atoms. The summed E-state index contributed by atoms with van der Waals surface area (Å²) in [6, 6.07) is 13.8. The molecular formula is C24H26ClNO2. The second kappa shape index (κ2) is 7.20. The first-order valence-corrected chi connectivity index (χ1v) is 10.8. The standard InChI is InChI=1S/C24H26ClNO2/c1-28-24(27)19-10-11-26(14-19)23-9-6-18-12-16(5-8-21(18)23)17-4-7-20(15-2-3-15)22(25)13-17/h4-5,7-8,12-13,15,19,23H,2-3,6,9-11,14H2,1H3/t19-,23?/m1/s1. The molecule has 1 saturated heterocycles. The van der Waals surface area contributed by atoms with Crippen LogP contribution in [0.1, 0.15) is 54.3 Å². The predicted octanol–water partition coefficient (Wildman–Crippen LogP) is 5.37. The SMILES string of the molecule is COC(=O)[C@@H]1CCN(C2CCc3cc(-c4ccc(C5CC5)c(Cl)c4)ccc32)C1. The van der Waals surface area contributed by atoms with Crippen molar-refractivity contribution in [2.24, 2.45) is 5.92 Å². The van der Waals surface area contributed by atoms with E-state index in [2.05, 4.69) is 41.3 Å². The molecule has 0 N–H and O–H groups in total. The first-order valence-electron chi connectivity index (χ1n) is 10.4. The first kappa shape index (κ1) is 18.2. The maximum absolute atomic E-state index is 11.9. The molecule has 4 heteroatoms. The fourth-order valence-corrected chi connectivity index (χ4v) is 5.35. The summed E-state index contributed by atoms with van der Waals surface area (Å²) in [4.78, 5) is 14.3. The number of halogens is 1. The van der Waals surface area contributed by atoms with E-state index in [1.807, 2.05) is 0 Å². The maximum Gasteiger partial charge on any atom is 0.310 e. The molecule has 5 rings (SSSR count). The normalized spacial score (nSPS) is 24.4. The van der Waals surface area contributed by atoms with Gasteiger partial charge in [-0.05, 0) is 78.5 Å². The predicted molar refractivity (Wildman–Crippen MR) is 112 cm³/mol. The molecule has 1 unspecified atom stereocenters. The molecule has 1 saturated carbocycles. The van der Waals surface area contributed by atoms with Crippen LogP contribution in [0.3, 0.4) is 0 Å². The van der Waals surface area contributed by atoms with E-state index >= 15 is 0 Å². The van der Waals surface area contributed by atoms with Crippen molar-refractivity contribution in [3.8, 4) is 11.1 Å². The van der Waals surface area contributed by atoms with E-state index in [0.717, 1.165) is 37.4 Å². The average Bonchev–Trinajstić information content (AvgIpc) is 3.28. The van der Waals surface area contributed by atoms with Crippen LogP contribution in [0.5, 0.6) is 0 Å². The summed E-state index contributed by atoms with van der Waals surface area (Å²) in [7, 11) is 1.49. The van der Waals surface area contributed by atoms with Crippen LogP contribution in [-0.2, 0) is 16.0 Å². The quantitative estimate of drug-likeness (QED) is 0.652. The molecule has 0 aromatic heterocycles. The van der Waals surface area contributed by atoms with Crippen LogP contribution in [-0.4, -0.2) is 31.1 Å². The van der Waals surface area contributed by atoms with Gasteiger partial charge in [-0.1, -0.05) is 41.9 Å². The minimum Gasteiger partial charge on any atom is -0.469 e. The summed E-state index contributed by atoms with van der Waals surface area (Å²) in [6.45, 7) is 1.79. The lowest BCUT2D eigenvalue weighted by atomic mass is 9.98. The Labute approximate surface area is 171 Å². The summed E-state index contributed by atoms with van der Waals surface area (Å²) < 4.78 is 4.94. The largest absolute Gasteiger partial charge is 0.469 e. The Morgan fingerprint density at radius 1 is 1.04 bits per heavy atom. The van der Waals surface area contributed by atoms with Crippen molar-refractivity contribution in [2.75, 3.05) is 20.2 Å². The van der Waals surface area contributed by atoms with Gasteiger partial charge in [0.2, 0.25) is 0 Å². The summed E-state index contributed by atoms with van der Waals surface area (Å²) >= 11 is 6.55. The van der Waals surface area contributed by atoms with E-state index in [1.165, 1.54) is 47.8 Å². The molecule has 2 atom stereocenters. The Kier molecular flexibility index (Phi) is 4.68. The lowest BCUT2D eigenvalue weighted by Gasteiger charge is -2.24. The third-order valence-electron chi connectivity index (χ3n) is 6.74. The van der Waals surface area contributed by atoms with E-state index in [-0.39, 0.29) is 11.9 Å². The van der Waals surface area contributed by atoms with Crippen LogP contribution in [0, 0.1) is 5.92 Å². The van der Waals surface area contributed by atoms with Crippen LogP contribution in [0.15, 0.2) is 36.4 Å². The van der Waals surface area contributed by atoms with Gasteiger partial charge in [0.1, 0.15) is 0 Å². The summed E-state index contributed by atoms with van der Waals surface area (Å²) in [5.41, 5.74) is 6.62. The van der Waals surface area contributed by atoms with Crippen molar-refractivity contribution in [1.82, 2.24) is 4.90 Å². The number of ether oxygens (including phenoxy) is 1. The van der Waals surface area contributed by atoms with Crippen molar-refractivity contribution in [3.05, 3.63) is 58.1 Å². The molecule has 2 fully saturated rings. The molecule has 2 aromatic rings. The number of aryl methyl sites for hydroxylation is 1. The minimum absolute atomic E-state index is 0.0282. The van der Waals surface area contributed by atoms with Crippen molar-refractivity contribution < 1.29 is 9.53 Å². The molecule has 0 bridgehead atoms. The van der Waals surface area contributed by atoms with Gasteiger partial charge >= 0.3 is 5.97 Å². The lowest BCUT2D eigenvalue weighted by Crippen LogP contribution is -2.27. The van der Waals surface area contributed by atoms with Crippen LogP contribution in [0.2, 0.25) is 5.02 Å². The molecule has 1 aliphatic heterocycles. The highest BCUT2D eigenvalue weighted by molar-refractivity contribution is 6.31. The molecule has 3 aliphatic rings. The van der Waals surface area contributed by atoms with Crippen molar-refractivity contribution in [2.45, 2.75) is 44.1 Å². The second-order valence-corrected chi connectivity index (χ2v) is 8.89. The molecular weight excluding hydrogens is 370 g/mol. The van der Waals surface area contributed by atoms with Crippen LogP contribution < -0.4 is 0 Å². The zero-order valence-corrected chi connectivity index (χ0v) is 17.0. The van der Waals surface area contributed by atoms with Gasteiger partial charge in [0, 0.05) is 17.6 Å². The summed E-state index contributed by atoms with van der Waals surface area (Å²) in [5, 5.41) is 0.907. The van der Waals surface area contributed by atoms with Gasteiger partial charge in [0.05, 0.1) is 13.0 Å². The Hall–Kier alpha value is -1.84. The second-order valence-electron chi connectivity index (χ2n) is 8.48. The van der Waals surface area contributed by atoms with E-state index in [4.69, 9.17) is 16.3 Å². The Balaban J connectivity index is 1.36. The molecule has 146 valence electrons. The number of esters is 1. The fraction of sp³-hybridized carbons (Fsp3) is 0.458. The Morgan fingerprint density at radius 3 is 2.50 bits per heavy atom.